The molecule has 0 fully saturated rings. The molecule has 0 saturated carbocycles. The quantitative estimate of drug-likeness (QED) is 0.714. The molecule has 4 heteroatoms. The topological polar surface area (TPSA) is 41.6 Å². The maximum absolute atomic E-state index is 13.4. The molecule has 96 valence electrons. The third-order valence-electron chi connectivity index (χ3n) is 2.18. The third-order valence-corrected chi connectivity index (χ3v) is 2.18. The second-order valence-corrected chi connectivity index (χ2v) is 3.05. The van der Waals surface area contributed by atoms with Crippen LogP contribution in [0.25, 0.3) is 0 Å². The average Bonchev–Trinajstić information content (AvgIpc) is 2.36. The molecular weight excluding hydrogens is 205 g/mol. The molecule has 0 aliphatic heterocycles. The van der Waals surface area contributed by atoms with Gasteiger partial charge in [0.1, 0.15) is 5.83 Å². The Morgan fingerprint density at radius 3 is 2.06 bits per heavy atom. The first-order valence-corrected chi connectivity index (χ1v) is 5.85. The second kappa shape index (κ2) is 12.3. The van der Waals surface area contributed by atoms with Crippen molar-refractivity contribution in [1.29, 1.82) is 0 Å². The molecule has 3 nitrogen and oxygen atoms in total. The van der Waals surface area contributed by atoms with E-state index in [1.807, 2.05) is 13.8 Å². The Morgan fingerprint density at radius 2 is 1.75 bits per heavy atom. The van der Waals surface area contributed by atoms with Gasteiger partial charge in [0.25, 0.3) is 0 Å². The Hall–Kier alpha value is -0.740. The van der Waals surface area contributed by atoms with Crippen LogP contribution in [-0.2, 0) is 0 Å². The molecule has 0 unspecified atom stereocenters. The maximum atomic E-state index is 13.4. The Morgan fingerprint density at radius 1 is 1.25 bits per heavy atom. The van der Waals surface area contributed by atoms with Gasteiger partial charge in [0.05, 0.1) is 5.70 Å². The summed E-state index contributed by atoms with van der Waals surface area (Å²) in [5.74, 6) is -0.102. The number of hydrogen-bond acceptors (Lipinski definition) is 3. The molecule has 0 aliphatic carbocycles. The van der Waals surface area contributed by atoms with Gasteiger partial charge in [0.2, 0.25) is 0 Å². The molecule has 0 amide bonds. The Labute approximate surface area is 99.2 Å². The van der Waals surface area contributed by atoms with Gasteiger partial charge in [-0.05, 0) is 33.5 Å². The van der Waals surface area contributed by atoms with E-state index in [1.165, 1.54) is 7.05 Å². The summed E-state index contributed by atoms with van der Waals surface area (Å²) in [6.45, 7) is 10.2. The van der Waals surface area contributed by atoms with Crippen molar-refractivity contribution in [2.45, 2.75) is 34.1 Å². The van der Waals surface area contributed by atoms with Crippen LogP contribution < -0.4 is 5.73 Å². The molecule has 0 aromatic rings. The molecule has 0 aromatic carbocycles. The van der Waals surface area contributed by atoms with E-state index < -0.39 is 0 Å². The van der Waals surface area contributed by atoms with Gasteiger partial charge in [-0.15, -0.1) is 0 Å². The minimum atomic E-state index is -0.102. The molecule has 0 radical (unpaired) electrons. The van der Waals surface area contributed by atoms with E-state index in [4.69, 9.17) is 0 Å². The molecule has 0 atom stereocenters. The van der Waals surface area contributed by atoms with E-state index in [-0.39, 0.29) is 5.83 Å². The molecule has 0 saturated heterocycles. The monoisotopic (exact) mass is 231 g/mol. The van der Waals surface area contributed by atoms with E-state index >= 15 is 0 Å². The normalized spacial score (nSPS) is 12.5. The Balaban J connectivity index is 0. The van der Waals surface area contributed by atoms with E-state index in [9.17, 15) is 4.39 Å². The smallest absolute Gasteiger partial charge is 0.122 e. The zero-order valence-corrected chi connectivity index (χ0v) is 11.3. The number of nitrogens with zero attached hydrogens (tertiary/aromatic N) is 2. The lowest BCUT2D eigenvalue weighted by Crippen LogP contribution is -2.25. The average molecular weight is 231 g/mol. The van der Waals surface area contributed by atoms with Gasteiger partial charge in [-0.1, -0.05) is 20.8 Å². The fourth-order valence-corrected chi connectivity index (χ4v) is 1.22. The van der Waals surface area contributed by atoms with Crippen molar-refractivity contribution in [3.8, 4) is 0 Å². The summed E-state index contributed by atoms with van der Waals surface area (Å²) in [4.78, 5) is 6.22. The molecule has 16 heavy (non-hydrogen) atoms. The Kier molecular flexibility index (Phi) is 13.6. The van der Waals surface area contributed by atoms with Crippen LogP contribution >= 0.6 is 0 Å². The number of halogens is 1. The van der Waals surface area contributed by atoms with Crippen LogP contribution in [0.15, 0.2) is 16.5 Å². The summed E-state index contributed by atoms with van der Waals surface area (Å²) in [5.41, 5.74) is 5.07. The SMILES string of the molecule is CC=N/C(CN(CC)CC)=C(/F)CC.CN. The summed E-state index contributed by atoms with van der Waals surface area (Å²) in [5, 5.41) is 0. The van der Waals surface area contributed by atoms with Crippen molar-refractivity contribution in [2.24, 2.45) is 10.7 Å². The first kappa shape index (κ1) is 17.6. The molecule has 0 rings (SSSR count). The number of nitrogens with two attached hydrogens (primary N) is 1. The zero-order chi connectivity index (χ0) is 13.0. The number of allylic oxidation sites excluding steroid dienone is 1. The predicted molar refractivity (Wildman–Crippen MR) is 70.5 cm³/mol. The van der Waals surface area contributed by atoms with E-state index in [1.54, 1.807) is 6.21 Å². The highest BCUT2D eigenvalue weighted by Gasteiger charge is 2.07. The summed E-state index contributed by atoms with van der Waals surface area (Å²) in [7, 11) is 1.50. The van der Waals surface area contributed by atoms with Crippen LogP contribution in [0, 0.1) is 0 Å². The van der Waals surface area contributed by atoms with Crippen LogP contribution in [0.1, 0.15) is 34.1 Å². The highest BCUT2D eigenvalue weighted by atomic mass is 19.1. The minimum absolute atomic E-state index is 0.102. The number of likely N-dealkylation sites (N-methyl/N-ethyl adjacent to an activating group) is 1. The first-order chi connectivity index (χ1) is 7.69. The minimum Gasteiger partial charge on any atom is -0.333 e. The fourth-order valence-electron chi connectivity index (χ4n) is 1.22. The molecule has 0 aliphatic rings. The molecular formula is C12H26FN3. The molecule has 0 heterocycles. The summed E-state index contributed by atoms with van der Waals surface area (Å²) in [6.07, 6.45) is 2.07. The lowest BCUT2D eigenvalue weighted by Gasteiger charge is -2.18. The van der Waals surface area contributed by atoms with Crippen molar-refractivity contribution in [3.63, 3.8) is 0 Å². The standard InChI is InChI=1S/C11H21FN2.CH5N/c1-5-10(12)11(13-6-2)9-14(7-3)8-4;1-2/h6H,5,7-9H2,1-4H3;2H2,1H3/b11-10+,13-6?;. The predicted octanol–water partition coefficient (Wildman–Crippen LogP) is 2.58. The summed E-state index contributed by atoms with van der Waals surface area (Å²) >= 11 is 0. The lowest BCUT2D eigenvalue weighted by molar-refractivity contribution is 0.324. The van der Waals surface area contributed by atoms with Crippen LogP contribution in [0.2, 0.25) is 0 Å². The van der Waals surface area contributed by atoms with Crippen LogP contribution in [0.4, 0.5) is 4.39 Å². The lowest BCUT2D eigenvalue weighted by atomic mass is 10.3. The highest BCUT2D eigenvalue weighted by Crippen LogP contribution is 2.12. The van der Waals surface area contributed by atoms with Crippen LogP contribution in [-0.4, -0.2) is 37.8 Å². The third kappa shape index (κ3) is 7.54. The number of aliphatic imine (C=N–C) groups is 1. The zero-order valence-electron chi connectivity index (χ0n) is 11.3. The second-order valence-electron chi connectivity index (χ2n) is 3.05. The van der Waals surface area contributed by atoms with E-state index in [0.717, 1.165) is 13.1 Å². The van der Waals surface area contributed by atoms with Gasteiger partial charge in [-0.3, -0.25) is 9.89 Å². The number of hydrogen-bond donors (Lipinski definition) is 1. The van der Waals surface area contributed by atoms with Gasteiger partial charge in [-0.25, -0.2) is 4.39 Å². The van der Waals surface area contributed by atoms with E-state index in [0.29, 0.717) is 18.7 Å². The van der Waals surface area contributed by atoms with Gasteiger partial charge < -0.3 is 5.73 Å². The van der Waals surface area contributed by atoms with E-state index in [2.05, 4.69) is 29.5 Å². The summed E-state index contributed by atoms with van der Waals surface area (Å²) in [6, 6.07) is 0. The van der Waals surface area contributed by atoms with Gasteiger partial charge in [-0.2, -0.15) is 0 Å². The summed E-state index contributed by atoms with van der Waals surface area (Å²) < 4.78 is 13.4. The molecule has 0 spiro atoms. The van der Waals surface area contributed by atoms with Crippen molar-refractivity contribution in [2.75, 3.05) is 26.7 Å². The largest absolute Gasteiger partial charge is 0.333 e. The van der Waals surface area contributed by atoms with Gasteiger partial charge in [0, 0.05) is 12.8 Å². The van der Waals surface area contributed by atoms with Crippen molar-refractivity contribution in [1.82, 2.24) is 4.90 Å². The molecule has 0 aromatic heterocycles. The molecule has 0 bridgehead atoms. The van der Waals surface area contributed by atoms with Crippen molar-refractivity contribution >= 4 is 6.21 Å². The highest BCUT2D eigenvalue weighted by molar-refractivity contribution is 5.55. The number of rotatable bonds is 6. The van der Waals surface area contributed by atoms with Gasteiger partial charge in [0.15, 0.2) is 0 Å². The molecule has 2 N–H and O–H groups in total. The van der Waals surface area contributed by atoms with Crippen LogP contribution in [0.5, 0.6) is 0 Å². The van der Waals surface area contributed by atoms with Crippen LogP contribution in [0.3, 0.4) is 0 Å². The van der Waals surface area contributed by atoms with Crippen molar-refractivity contribution in [3.05, 3.63) is 11.5 Å². The maximum Gasteiger partial charge on any atom is 0.122 e. The first-order valence-electron chi connectivity index (χ1n) is 5.85. The fraction of sp³-hybridized carbons (Fsp3) is 0.750. The Bertz CT molecular complexity index is 208. The van der Waals surface area contributed by atoms with Gasteiger partial charge >= 0.3 is 0 Å². The van der Waals surface area contributed by atoms with Crippen molar-refractivity contribution < 1.29 is 4.39 Å².